The molecule has 3 rings (SSSR count). The highest BCUT2D eigenvalue weighted by atomic mass is 32.1. The van der Waals surface area contributed by atoms with Crippen LogP contribution in [0.2, 0.25) is 0 Å². The van der Waals surface area contributed by atoms with Crippen molar-refractivity contribution in [1.29, 1.82) is 0 Å². The number of urea groups is 1. The monoisotopic (exact) mass is 346 g/mol. The van der Waals surface area contributed by atoms with Crippen molar-refractivity contribution in [2.24, 2.45) is 0 Å². The van der Waals surface area contributed by atoms with Gasteiger partial charge in [0.05, 0.1) is 18.0 Å². The molecule has 0 saturated carbocycles. The zero-order valence-corrected chi connectivity index (χ0v) is 14.0. The Kier molecular flexibility index (Phi) is 4.95. The van der Waals surface area contributed by atoms with Crippen LogP contribution in [0.1, 0.15) is 28.7 Å². The van der Waals surface area contributed by atoms with Crippen molar-refractivity contribution < 1.29 is 14.3 Å². The second-order valence-corrected chi connectivity index (χ2v) is 6.16. The van der Waals surface area contributed by atoms with Crippen LogP contribution in [0.15, 0.2) is 24.3 Å². The molecule has 0 saturated heterocycles. The van der Waals surface area contributed by atoms with Crippen molar-refractivity contribution in [2.75, 3.05) is 23.8 Å². The summed E-state index contributed by atoms with van der Waals surface area (Å²) in [4.78, 5) is 29.0. The number of aryl methyl sites for hydroxylation is 1. The molecule has 7 nitrogen and oxygen atoms in total. The van der Waals surface area contributed by atoms with Crippen LogP contribution in [-0.4, -0.2) is 30.1 Å². The first-order valence-electron chi connectivity index (χ1n) is 7.75. The number of amides is 3. The van der Waals surface area contributed by atoms with Gasteiger partial charge in [-0.25, -0.2) is 9.78 Å². The number of hydrogen-bond donors (Lipinski definition) is 3. The Morgan fingerprint density at radius 3 is 3.04 bits per heavy atom. The molecule has 0 aliphatic carbocycles. The fourth-order valence-electron chi connectivity index (χ4n) is 2.39. The van der Waals surface area contributed by atoms with E-state index in [-0.39, 0.29) is 5.91 Å². The summed E-state index contributed by atoms with van der Waals surface area (Å²) >= 11 is 1.18. The fraction of sp³-hybridized carbons (Fsp3) is 0.312. The van der Waals surface area contributed by atoms with Crippen LogP contribution in [0, 0.1) is 0 Å². The van der Waals surface area contributed by atoms with Gasteiger partial charge < -0.3 is 15.4 Å². The number of hydrogen-bond acceptors (Lipinski definition) is 5. The number of benzene rings is 1. The summed E-state index contributed by atoms with van der Waals surface area (Å²) in [6.07, 6.45) is 1.57. The van der Waals surface area contributed by atoms with E-state index in [4.69, 9.17) is 4.74 Å². The highest BCUT2D eigenvalue weighted by Gasteiger charge is 2.21. The van der Waals surface area contributed by atoms with Crippen LogP contribution < -0.4 is 20.7 Å². The SMILES string of the molecule is CCOc1ccccc1NC(=O)Nc1nc2c(s1)C(=O)NCCC2. The number of anilines is 2. The summed E-state index contributed by atoms with van der Waals surface area (Å²) in [6, 6.07) is 6.77. The number of carbonyl (C=O) groups is 2. The number of nitrogens with zero attached hydrogens (tertiary/aromatic N) is 1. The third-order valence-electron chi connectivity index (χ3n) is 3.44. The van der Waals surface area contributed by atoms with Gasteiger partial charge in [-0.15, -0.1) is 0 Å². The molecule has 3 amide bonds. The van der Waals surface area contributed by atoms with Gasteiger partial charge in [-0.3, -0.25) is 10.1 Å². The van der Waals surface area contributed by atoms with E-state index in [1.807, 2.05) is 19.1 Å². The summed E-state index contributed by atoms with van der Waals surface area (Å²) in [7, 11) is 0. The summed E-state index contributed by atoms with van der Waals surface area (Å²) < 4.78 is 5.47. The number of nitrogens with one attached hydrogen (secondary N) is 3. The van der Waals surface area contributed by atoms with Gasteiger partial charge >= 0.3 is 6.03 Å². The van der Waals surface area contributed by atoms with Gasteiger partial charge in [0.1, 0.15) is 10.6 Å². The summed E-state index contributed by atoms with van der Waals surface area (Å²) in [6.45, 7) is 3.04. The van der Waals surface area contributed by atoms with Crippen molar-refractivity contribution in [3.05, 3.63) is 34.8 Å². The lowest BCUT2D eigenvalue weighted by Gasteiger charge is -2.11. The molecule has 0 radical (unpaired) electrons. The average molecular weight is 346 g/mol. The first-order valence-corrected chi connectivity index (χ1v) is 8.56. The summed E-state index contributed by atoms with van der Waals surface area (Å²) in [5.41, 5.74) is 1.31. The largest absolute Gasteiger partial charge is 0.492 e. The summed E-state index contributed by atoms with van der Waals surface area (Å²) in [5, 5.41) is 8.64. The average Bonchev–Trinajstić information content (AvgIpc) is 2.88. The molecule has 1 aliphatic rings. The van der Waals surface area contributed by atoms with Crippen molar-refractivity contribution in [3.63, 3.8) is 0 Å². The zero-order valence-electron chi connectivity index (χ0n) is 13.2. The molecule has 8 heteroatoms. The van der Waals surface area contributed by atoms with E-state index in [1.165, 1.54) is 11.3 Å². The molecule has 126 valence electrons. The molecule has 2 aromatic rings. The number of aromatic nitrogens is 1. The minimum Gasteiger partial charge on any atom is -0.492 e. The van der Waals surface area contributed by atoms with E-state index >= 15 is 0 Å². The lowest BCUT2D eigenvalue weighted by Crippen LogP contribution is -2.21. The predicted octanol–water partition coefficient (Wildman–Crippen LogP) is 2.86. The van der Waals surface area contributed by atoms with E-state index in [9.17, 15) is 9.59 Å². The number of ether oxygens (including phenoxy) is 1. The first kappa shape index (κ1) is 16.3. The molecule has 0 unspecified atom stereocenters. The molecular weight excluding hydrogens is 328 g/mol. The number of thiazole rings is 1. The molecule has 0 atom stereocenters. The van der Waals surface area contributed by atoms with Crippen LogP contribution in [-0.2, 0) is 6.42 Å². The van der Waals surface area contributed by atoms with E-state index in [2.05, 4.69) is 20.9 Å². The fourth-order valence-corrected chi connectivity index (χ4v) is 3.32. The van der Waals surface area contributed by atoms with E-state index < -0.39 is 6.03 Å². The molecule has 2 heterocycles. The highest BCUT2D eigenvalue weighted by molar-refractivity contribution is 7.17. The Hall–Kier alpha value is -2.61. The first-order chi connectivity index (χ1) is 11.7. The van der Waals surface area contributed by atoms with E-state index in [0.29, 0.717) is 34.6 Å². The van der Waals surface area contributed by atoms with Gasteiger partial charge in [0.15, 0.2) is 5.13 Å². The van der Waals surface area contributed by atoms with E-state index in [1.54, 1.807) is 12.1 Å². The van der Waals surface area contributed by atoms with Gasteiger partial charge in [-0.1, -0.05) is 23.5 Å². The number of fused-ring (bicyclic) bond motifs is 1. The topological polar surface area (TPSA) is 92.3 Å². The van der Waals surface area contributed by atoms with Gasteiger partial charge in [0.2, 0.25) is 0 Å². The maximum atomic E-state index is 12.2. The van der Waals surface area contributed by atoms with Crippen molar-refractivity contribution in [1.82, 2.24) is 10.3 Å². The molecule has 0 spiro atoms. The van der Waals surface area contributed by atoms with E-state index in [0.717, 1.165) is 18.5 Å². The van der Waals surface area contributed by atoms with Gasteiger partial charge in [0.25, 0.3) is 5.91 Å². The van der Waals surface area contributed by atoms with Gasteiger partial charge in [0, 0.05) is 6.54 Å². The van der Waals surface area contributed by atoms with Crippen molar-refractivity contribution >= 4 is 34.1 Å². The minimum absolute atomic E-state index is 0.129. The molecular formula is C16H18N4O3S. The lowest BCUT2D eigenvalue weighted by atomic mass is 10.2. The van der Waals surface area contributed by atoms with Crippen LogP contribution in [0.4, 0.5) is 15.6 Å². The molecule has 24 heavy (non-hydrogen) atoms. The van der Waals surface area contributed by atoms with Gasteiger partial charge in [-0.05, 0) is 31.9 Å². The maximum absolute atomic E-state index is 12.2. The third kappa shape index (κ3) is 3.65. The molecule has 1 aromatic heterocycles. The maximum Gasteiger partial charge on any atom is 0.325 e. The third-order valence-corrected chi connectivity index (χ3v) is 4.45. The number of para-hydroxylation sites is 2. The second kappa shape index (κ2) is 7.31. The quantitative estimate of drug-likeness (QED) is 0.794. The minimum atomic E-state index is -0.425. The molecule has 3 N–H and O–H groups in total. The number of carbonyl (C=O) groups excluding carboxylic acids is 2. The highest BCUT2D eigenvalue weighted by Crippen LogP contribution is 2.27. The normalized spacial score (nSPS) is 13.5. The molecule has 1 aliphatic heterocycles. The number of rotatable bonds is 4. The van der Waals surface area contributed by atoms with Crippen LogP contribution >= 0.6 is 11.3 Å². The molecule has 0 fully saturated rings. The van der Waals surface area contributed by atoms with Crippen molar-refractivity contribution in [3.8, 4) is 5.75 Å². The predicted molar refractivity (Wildman–Crippen MR) is 93.0 cm³/mol. The lowest BCUT2D eigenvalue weighted by molar-refractivity contribution is 0.0960. The van der Waals surface area contributed by atoms with Crippen LogP contribution in [0.25, 0.3) is 0 Å². The Labute approximate surface area is 143 Å². The Bertz CT molecular complexity index is 760. The Balaban J connectivity index is 1.70. The standard InChI is InChI=1S/C16H18N4O3S/c1-2-23-12-8-4-3-6-10(12)18-15(22)20-16-19-11-7-5-9-17-14(21)13(11)24-16/h3-4,6,8H,2,5,7,9H2,1H3,(H,17,21)(H2,18,19,20,22). The second-order valence-electron chi connectivity index (χ2n) is 5.16. The zero-order chi connectivity index (χ0) is 16.9. The smallest absolute Gasteiger partial charge is 0.325 e. The molecule has 0 bridgehead atoms. The van der Waals surface area contributed by atoms with Crippen molar-refractivity contribution in [2.45, 2.75) is 19.8 Å². The molecule has 1 aromatic carbocycles. The summed E-state index contributed by atoms with van der Waals surface area (Å²) in [5.74, 6) is 0.472. The van der Waals surface area contributed by atoms with Gasteiger partial charge in [-0.2, -0.15) is 0 Å². The Morgan fingerprint density at radius 2 is 2.21 bits per heavy atom. The van der Waals surface area contributed by atoms with Crippen LogP contribution in [0.3, 0.4) is 0 Å². The van der Waals surface area contributed by atoms with Crippen LogP contribution in [0.5, 0.6) is 5.75 Å². The Morgan fingerprint density at radius 1 is 1.38 bits per heavy atom.